The molecule has 0 aliphatic carbocycles. The largest absolute Gasteiger partial charge is 0.350 e. The number of thiazole rings is 1. The van der Waals surface area contributed by atoms with Gasteiger partial charge in [0.1, 0.15) is 5.01 Å². The monoisotopic (exact) mass is 246 g/mol. The molecular weight excluding hydrogens is 232 g/mol. The minimum Gasteiger partial charge on any atom is -0.350 e. The number of nitrogens with zero attached hydrogens (tertiary/aromatic N) is 1. The molecule has 0 fully saturated rings. The number of hydrogen-bond donors (Lipinski definition) is 1. The first-order valence-corrected chi connectivity index (χ1v) is 6.27. The Morgan fingerprint density at radius 3 is 2.82 bits per heavy atom. The molecule has 2 rings (SSSR count). The maximum atomic E-state index is 10.8. The van der Waals surface area contributed by atoms with Crippen molar-refractivity contribution in [3.05, 3.63) is 52.0 Å². The van der Waals surface area contributed by atoms with Gasteiger partial charge >= 0.3 is 0 Å². The molecule has 1 heterocycles. The molecular formula is C13H14N2OS. The number of amides is 1. The van der Waals surface area contributed by atoms with Crippen molar-refractivity contribution in [2.75, 3.05) is 0 Å². The van der Waals surface area contributed by atoms with Gasteiger partial charge in [-0.2, -0.15) is 0 Å². The average Bonchev–Trinajstić information content (AvgIpc) is 2.75. The fourth-order valence-electron chi connectivity index (χ4n) is 1.51. The lowest BCUT2D eigenvalue weighted by atomic mass is 10.1. The van der Waals surface area contributed by atoms with Crippen LogP contribution in [-0.2, 0) is 17.8 Å². The highest BCUT2D eigenvalue weighted by Crippen LogP contribution is 2.16. The molecule has 0 aliphatic heterocycles. The Kier molecular flexibility index (Phi) is 3.88. The van der Waals surface area contributed by atoms with Crippen LogP contribution in [0, 0.1) is 0 Å². The predicted molar refractivity (Wildman–Crippen MR) is 68.9 cm³/mol. The van der Waals surface area contributed by atoms with Crippen molar-refractivity contribution in [1.82, 2.24) is 10.3 Å². The second kappa shape index (κ2) is 5.59. The Morgan fingerprint density at radius 2 is 2.12 bits per heavy atom. The third-order valence-corrected chi connectivity index (χ3v) is 3.31. The Labute approximate surface area is 105 Å². The first-order valence-electron chi connectivity index (χ1n) is 5.46. The fraction of sp³-hybridized carbons (Fsp3) is 0.231. The highest BCUT2D eigenvalue weighted by atomic mass is 32.1. The van der Waals surface area contributed by atoms with Crippen LogP contribution in [0.3, 0.4) is 0 Å². The number of rotatable bonds is 4. The molecule has 0 bridgehead atoms. The Bertz CT molecular complexity index is 493. The van der Waals surface area contributed by atoms with E-state index in [1.54, 1.807) is 11.3 Å². The summed E-state index contributed by atoms with van der Waals surface area (Å²) in [7, 11) is 0. The Hall–Kier alpha value is -1.68. The number of nitrogens with one attached hydrogen (secondary N) is 1. The highest BCUT2D eigenvalue weighted by molar-refractivity contribution is 7.11. The molecule has 88 valence electrons. The lowest BCUT2D eigenvalue weighted by Crippen LogP contribution is -2.18. The van der Waals surface area contributed by atoms with E-state index in [2.05, 4.69) is 22.4 Å². The van der Waals surface area contributed by atoms with Gasteiger partial charge in [0.2, 0.25) is 5.91 Å². The van der Waals surface area contributed by atoms with E-state index in [4.69, 9.17) is 0 Å². The molecule has 1 amide bonds. The van der Waals surface area contributed by atoms with Crippen molar-refractivity contribution >= 4 is 17.2 Å². The summed E-state index contributed by atoms with van der Waals surface area (Å²) in [6.07, 6.45) is 2.79. The molecule has 0 saturated heterocycles. The van der Waals surface area contributed by atoms with Crippen molar-refractivity contribution in [1.29, 1.82) is 0 Å². The lowest BCUT2D eigenvalue weighted by molar-refractivity contribution is -0.119. The van der Waals surface area contributed by atoms with Gasteiger partial charge in [0.05, 0.1) is 6.54 Å². The summed E-state index contributed by atoms with van der Waals surface area (Å²) in [6.45, 7) is 2.03. The molecule has 0 aliphatic rings. The van der Waals surface area contributed by atoms with E-state index in [1.165, 1.54) is 17.4 Å². The van der Waals surface area contributed by atoms with Crippen molar-refractivity contribution < 1.29 is 4.79 Å². The molecule has 0 radical (unpaired) electrons. The lowest BCUT2D eigenvalue weighted by Gasteiger charge is -1.97. The second-order valence-electron chi connectivity index (χ2n) is 3.79. The van der Waals surface area contributed by atoms with Gasteiger partial charge in [0.25, 0.3) is 0 Å². The topological polar surface area (TPSA) is 42.0 Å². The molecule has 0 saturated carbocycles. The zero-order valence-corrected chi connectivity index (χ0v) is 10.5. The number of aromatic nitrogens is 1. The van der Waals surface area contributed by atoms with Gasteiger partial charge in [-0.1, -0.05) is 30.3 Å². The van der Waals surface area contributed by atoms with Crippen molar-refractivity contribution in [2.24, 2.45) is 0 Å². The van der Waals surface area contributed by atoms with E-state index < -0.39 is 0 Å². The predicted octanol–water partition coefficient (Wildman–Crippen LogP) is 2.37. The first-order chi connectivity index (χ1) is 8.24. The number of hydrogen-bond acceptors (Lipinski definition) is 3. The summed E-state index contributed by atoms with van der Waals surface area (Å²) >= 11 is 1.64. The van der Waals surface area contributed by atoms with Gasteiger partial charge < -0.3 is 5.32 Å². The molecule has 1 aromatic carbocycles. The maximum absolute atomic E-state index is 10.8. The van der Waals surface area contributed by atoms with E-state index in [-0.39, 0.29) is 5.91 Å². The quantitative estimate of drug-likeness (QED) is 0.900. The zero-order chi connectivity index (χ0) is 12.1. The third-order valence-electron chi connectivity index (χ3n) is 2.31. The van der Waals surface area contributed by atoms with Crippen LogP contribution in [0.25, 0.3) is 0 Å². The second-order valence-corrected chi connectivity index (χ2v) is 4.99. The van der Waals surface area contributed by atoms with Gasteiger partial charge in [-0.3, -0.25) is 4.79 Å². The van der Waals surface area contributed by atoms with E-state index in [9.17, 15) is 4.79 Å². The minimum atomic E-state index is -0.0233. The van der Waals surface area contributed by atoms with E-state index in [0.29, 0.717) is 6.54 Å². The normalized spacial score (nSPS) is 10.2. The van der Waals surface area contributed by atoms with Crippen LogP contribution in [0.15, 0.2) is 36.5 Å². The molecule has 17 heavy (non-hydrogen) atoms. The summed E-state index contributed by atoms with van der Waals surface area (Å²) in [6, 6.07) is 10.3. The number of carbonyl (C=O) groups is 1. The van der Waals surface area contributed by atoms with Crippen LogP contribution >= 0.6 is 11.3 Å². The van der Waals surface area contributed by atoms with E-state index in [0.717, 1.165) is 11.4 Å². The van der Waals surface area contributed by atoms with E-state index >= 15 is 0 Å². The molecule has 0 unspecified atom stereocenters. The smallest absolute Gasteiger partial charge is 0.217 e. The third kappa shape index (κ3) is 3.67. The van der Waals surface area contributed by atoms with Gasteiger partial charge in [-0.25, -0.2) is 4.98 Å². The van der Waals surface area contributed by atoms with Crippen molar-refractivity contribution in [3.8, 4) is 0 Å². The number of carbonyl (C=O) groups excluding carboxylic acids is 1. The summed E-state index contributed by atoms with van der Waals surface area (Å²) in [4.78, 5) is 16.3. The van der Waals surface area contributed by atoms with Crippen LogP contribution in [0.1, 0.15) is 22.4 Å². The van der Waals surface area contributed by atoms with Gasteiger partial charge in [-0.05, 0) is 5.56 Å². The Morgan fingerprint density at radius 1 is 1.35 bits per heavy atom. The molecule has 1 N–H and O–H groups in total. The summed E-state index contributed by atoms with van der Waals surface area (Å²) in [5.41, 5.74) is 1.28. The summed E-state index contributed by atoms with van der Waals surface area (Å²) in [5.74, 6) is -0.0233. The Balaban J connectivity index is 1.97. The SMILES string of the molecule is CC(=O)NCc1ncc(Cc2ccccc2)s1. The van der Waals surface area contributed by atoms with Crippen LogP contribution in [0.5, 0.6) is 0 Å². The molecule has 3 nitrogen and oxygen atoms in total. The zero-order valence-electron chi connectivity index (χ0n) is 9.64. The van der Waals surface area contributed by atoms with E-state index in [1.807, 2.05) is 24.4 Å². The van der Waals surface area contributed by atoms with Gasteiger partial charge in [-0.15, -0.1) is 11.3 Å². The molecule has 1 aromatic heterocycles. The standard InChI is InChI=1S/C13H14N2OS/c1-10(16)14-9-13-15-8-12(17-13)7-11-5-3-2-4-6-11/h2-6,8H,7,9H2,1H3,(H,14,16). The molecule has 0 spiro atoms. The van der Waals surface area contributed by atoms with Gasteiger partial charge in [0, 0.05) is 24.4 Å². The summed E-state index contributed by atoms with van der Waals surface area (Å²) in [5, 5.41) is 3.70. The van der Waals surface area contributed by atoms with Gasteiger partial charge in [0.15, 0.2) is 0 Å². The fourth-order valence-corrected chi connectivity index (χ4v) is 2.41. The average molecular weight is 246 g/mol. The van der Waals surface area contributed by atoms with Crippen LogP contribution in [0.2, 0.25) is 0 Å². The van der Waals surface area contributed by atoms with Crippen LogP contribution in [0.4, 0.5) is 0 Å². The van der Waals surface area contributed by atoms with Crippen LogP contribution < -0.4 is 5.32 Å². The molecule has 2 aromatic rings. The summed E-state index contributed by atoms with van der Waals surface area (Å²) < 4.78 is 0. The highest BCUT2D eigenvalue weighted by Gasteiger charge is 2.03. The van der Waals surface area contributed by atoms with Crippen molar-refractivity contribution in [2.45, 2.75) is 19.9 Å². The molecule has 0 atom stereocenters. The van der Waals surface area contributed by atoms with Crippen molar-refractivity contribution in [3.63, 3.8) is 0 Å². The maximum Gasteiger partial charge on any atom is 0.217 e. The first kappa shape index (κ1) is 11.8. The van der Waals surface area contributed by atoms with Crippen LogP contribution in [-0.4, -0.2) is 10.9 Å². The minimum absolute atomic E-state index is 0.0233. The number of benzene rings is 1. The molecule has 4 heteroatoms.